The first kappa shape index (κ1) is 17.4. The summed E-state index contributed by atoms with van der Waals surface area (Å²) in [4.78, 5) is 14.4. The van der Waals surface area contributed by atoms with E-state index in [0.29, 0.717) is 18.3 Å². The number of thioether (sulfide) groups is 1. The number of fused-ring (bicyclic) bond motifs is 1. The molecule has 27 heavy (non-hydrogen) atoms. The molecule has 7 nitrogen and oxygen atoms in total. The quantitative estimate of drug-likeness (QED) is 0.460. The minimum atomic E-state index is -0.473. The zero-order valence-corrected chi connectivity index (χ0v) is 15.4. The van der Waals surface area contributed by atoms with Crippen molar-refractivity contribution in [1.82, 2.24) is 9.55 Å². The van der Waals surface area contributed by atoms with Gasteiger partial charge in [0.1, 0.15) is 30.1 Å². The fourth-order valence-corrected chi connectivity index (χ4v) is 3.96. The van der Waals surface area contributed by atoms with Crippen LogP contribution in [0.2, 0.25) is 0 Å². The molecular formula is C19H17N3O4S. The standard InChI is InChI=1S/C19H17N3O4S/c1-19(12-21-11-17(22(23)24)20-18(21)27-19)13-25-14-7-9-16(10-8-14)26-15-5-3-2-4-6-15/h2-11H,12-13H2,1H3. The second-order valence-corrected chi connectivity index (χ2v) is 8.05. The topological polar surface area (TPSA) is 79.4 Å². The number of hydrogen-bond donors (Lipinski definition) is 0. The molecule has 0 spiro atoms. The van der Waals surface area contributed by atoms with Gasteiger partial charge in [-0.1, -0.05) is 18.2 Å². The molecule has 0 bridgehead atoms. The van der Waals surface area contributed by atoms with Crippen LogP contribution in [0.5, 0.6) is 17.2 Å². The number of benzene rings is 2. The molecule has 8 heteroatoms. The van der Waals surface area contributed by atoms with Crippen LogP contribution in [0, 0.1) is 10.1 Å². The Hall–Kier alpha value is -3.00. The number of imidazole rings is 1. The van der Waals surface area contributed by atoms with E-state index in [2.05, 4.69) is 11.9 Å². The number of para-hydroxylation sites is 1. The minimum Gasteiger partial charge on any atom is -0.492 e. The summed E-state index contributed by atoms with van der Waals surface area (Å²) in [6.45, 7) is 3.14. The Balaban J connectivity index is 1.35. The molecule has 0 amide bonds. The SMILES string of the molecule is CC1(COc2ccc(Oc3ccccc3)cc2)Cn2cc([N+](=O)[O-])nc2S1. The van der Waals surface area contributed by atoms with Crippen molar-refractivity contribution in [1.29, 1.82) is 0 Å². The van der Waals surface area contributed by atoms with Gasteiger partial charge in [-0.3, -0.25) is 4.57 Å². The van der Waals surface area contributed by atoms with Crippen LogP contribution in [-0.2, 0) is 6.54 Å². The van der Waals surface area contributed by atoms with Crippen molar-refractivity contribution in [2.45, 2.75) is 23.4 Å². The van der Waals surface area contributed by atoms with Crippen LogP contribution in [0.15, 0.2) is 66.0 Å². The predicted octanol–water partition coefficient (Wildman–Crippen LogP) is 4.53. The van der Waals surface area contributed by atoms with Gasteiger partial charge in [-0.25, -0.2) is 0 Å². The van der Waals surface area contributed by atoms with E-state index >= 15 is 0 Å². The molecule has 0 fully saturated rings. The van der Waals surface area contributed by atoms with Crippen LogP contribution in [-0.4, -0.2) is 25.8 Å². The van der Waals surface area contributed by atoms with E-state index < -0.39 is 4.92 Å². The molecule has 2 aromatic carbocycles. The van der Waals surface area contributed by atoms with E-state index in [1.807, 2.05) is 59.2 Å². The van der Waals surface area contributed by atoms with Crippen molar-refractivity contribution >= 4 is 17.6 Å². The van der Waals surface area contributed by atoms with Crippen LogP contribution in [0.1, 0.15) is 6.92 Å². The molecule has 0 aliphatic carbocycles. The number of ether oxygens (including phenoxy) is 2. The van der Waals surface area contributed by atoms with Gasteiger partial charge in [-0.05, 0) is 65.0 Å². The van der Waals surface area contributed by atoms with Gasteiger partial charge in [0.25, 0.3) is 5.16 Å². The van der Waals surface area contributed by atoms with E-state index in [0.717, 1.165) is 17.2 Å². The summed E-state index contributed by atoms with van der Waals surface area (Å²) >= 11 is 1.50. The van der Waals surface area contributed by atoms with Gasteiger partial charge in [0.05, 0.1) is 4.75 Å². The van der Waals surface area contributed by atoms with Crippen molar-refractivity contribution < 1.29 is 14.4 Å². The first-order valence-corrected chi connectivity index (χ1v) is 9.19. The Morgan fingerprint density at radius 1 is 1.15 bits per heavy atom. The molecule has 2 heterocycles. The van der Waals surface area contributed by atoms with Crippen molar-refractivity contribution in [3.63, 3.8) is 0 Å². The van der Waals surface area contributed by atoms with Gasteiger partial charge < -0.3 is 19.6 Å². The van der Waals surface area contributed by atoms with E-state index in [-0.39, 0.29) is 10.6 Å². The smallest absolute Gasteiger partial charge is 0.382 e. The third-order valence-electron chi connectivity index (χ3n) is 4.10. The maximum Gasteiger partial charge on any atom is 0.382 e. The summed E-state index contributed by atoms with van der Waals surface area (Å²) < 4.78 is 13.3. The maximum absolute atomic E-state index is 10.8. The molecule has 4 rings (SSSR count). The Bertz CT molecular complexity index is 933. The van der Waals surface area contributed by atoms with Crippen LogP contribution in [0.3, 0.4) is 0 Å². The summed E-state index contributed by atoms with van der Waals surface area (Å²) in [6, 6.07) is 17.0. The lowest BCUT2D eigenvalue weighted by Crippen LogP contribution is -2.29. The van der Waals surface area contributed by atoms with Crippen molar-refractivity contribution in [3.8, 4) is 17.2 Å². The van der Waals surface area contributed by atoms with Crippen molar-refractivity contribution in [2.24, 2.45) is 0 Å². The Labute approximate surface area is 160 Å². The number of nitro groups is 1. The first-order valence-electron chi connectivity index (χ1n) is 8.37. The van der Waals surface area contributed by atoms with E-state index in [1.54, 1.807) is 0 Å². The van der Waals surface area contributed by atoms with Crippen molar-refractivity contribution in [3.05, 3.63) is 70.9 Å². The van der Waals surface area contributed by atoms with Gasteiger partial charge in [0, 0.05) is 6.54 Å². The largest absolute Gasteiger partial charge is 0.492 e. The van der Waals surface area contributed by atoms with Gasteiger partial charge in [0.2, 0.25) is 0 Å². The van der Waals surface area contributed by atoms with Crippen LogP contribution >= 0.6 is 11.8 Å². The highest BCUT2D eigenvalue weighted by Gasteiger charge is 2.40. The summed E-state index contributed by atoms with van der Waals surface area (Å²) in [6.07, 6.45) is 1.48. The highest BCUT2D eigenvalue weighted by atomic mass is 32.2. The lowest BCUT2D eigenvalue weighted by atomic mass is 10.2. The Morgan fingerprint density at radius 2 is 1.81 bits per heavy atom. The average molecular weight is 383 g/mol. The van der Waals surface area contributed by atoms with Crippen molar-refractivity contribution in [2.75, 3.05) is 6.61 Å². The van der Waals surface area contributed by atoms with Crippen LogP contribution in [0.4, 0.5) is 5.82 Å². The molecule has 3 aromatic rings. The highest BCUT2D eigenvalue weighted by molar-refractivity contribution is 8.00. The molecule has 0 N–H and O–H groups in total. The maximum atomic E-state index is 10.8. The number of aromatic nitrogens is 2. The normalized spacial score (nSPS) is 18.1. The molecule has 0 saturated carbocycles. The van der Waals surface area contributed by atoms with E-state index in [4.69, 9.17) is 9.47 Å². The number of rotatable bonds is 6. The zero-order chi connectivity index (χ0) is 18.9. The Morgan fingerprint density at radius 3 is 2.48 bits per heavy atom. The van der Waals surface area contributed by atoms with Crippen LogP contribution < -0.4 is 9.47 Å². The summed E-state index contributed by atoms with van der Waals surface area (Å²) in [5.41, 5.74) is 0. The first-order chi connectivity index (χ1) is 13.0. The van der Waals surface area contributed by atoms with E-state index in [1.165, 1.54) is 18.0 Å². The fraction of sp³-hybridized carbons (Fsp3) is 0.211. The van der Waals surface area contributed by atoms with Crippen LogP contribution in [0.25, 0.3) is 0 Å². The zero-order valence-electron chi connectivity index (χ0n) is 14.6. The molecule has 1 aliphatic rings. The van der Waals surface area contributed by atoms with Gasteiger partial charge in [-0.2, -0.15) is 0 Å². The molecule has 1 atom stereocenters. The van der Waals surface area contributed by atoms with Gasteiger partial charge in [-0.15, -0.1) is 0 Å². The lowest BCUT2D eigenvalue weighted by molar-refractivity contribution is -0.389. The number of nitrogens with zero attached hydrogens (tertiary/aromatic N) is 3. The average Bonchev–Trinajstić information content (AvgIpc) is 3.18. The third-order valence-corrected chi connectivity index (χ3v) is 5.35. The third kappa shape index (κ3) is 3.90. The second kappa shape index (κ2) is 6.96. The molecule has 1 aliphatic heterocycles. The second-order valence-electron chi connectivity index (χ2n) is 6.49. The summed E-state index contributed by atoms with van der Waals surface area (Å²) in [5, 5.41) is 11.5. The van der Waals surface area contributed by atoms with E-state index in [9.17, 15) is 10.1 Å². The molecule has 1 aromatic heterocycles. The molecular weight excluding hydrogens is 366 g/mol. The summed E-state index contributed by atoms with van der Waals surface area (Å²) in [7, 11) is 0. The lowest BCUT2D eigenvalue weighted by Gasteiger charge is -2.21. The van der Waals surface area contributed by atoms with Gasteiger partial charge >= 0.3 is 5.82 Å². The van der Waals surface area contributed by atoms with Gasteiger partial charge in [0.15, 0.2) is 0 Å². The molecule has 138 valence electrons. The summed E-state index contributed by atoms with van der Waals surface area (Å²) in [5.74, 6) is 2.15. The molecule has 0 radical (unpaired) electrons. The molecule has 1 unspecified atom stereocenters. The monoisotopic (exact) mass is 383 g/mol. The molecule has 0 saturated heterocycles. The minimum absolute atomic E-state index is 0.116. The number of hydrogen-bond acceptors (Lipinski definition) is 6. The predicted molar refractivity (Wildman–Crippen MR) is 102 cm³/mol. The highest BCUT2D eigenvalue weighted by Crippen LogP contribution is 2.41. The fourth-order valence-electron chi connectivity index (χ4n) is 2.82. The Kier molecular flexibility index (Phi) is 4.49.